The van der Waals surface area contributed by atoms with Crippen LogP contribution in [0.2, 0.25) is 5.02 Å². The van der Waals surface area contributed by atoms with Crippen LogP contribution in [-0.2, 0) is 24.6 Å². The largest absolute Gasteiger partial charge is 0.431 e. The molecular formula is C22H14ClF5N4O3S. The van der Waals surface area contributed by atoms with Crippen molar-refractivity contribution in [2.24, 2.45) is 12.0 Å². The highest BCUT2D eigenvalue weighted by Gasteiger charge is 2.35. The topological polar surface area (TPSA) is 76.7 Å². The Morgan fingerprint density at radius 2 is 1.72 bits per heavy atom. The van der Waals surface area contributed by atoms with Crippen molar-refractivity contribution >= 4 is 40.1 Å². The van der Waals surface area contributed by atoms with Crippen molar-refractivity contribution in [2.75, 3.05) is 5.75 Å². The molecule has 0 spiro atoms. The third-order valence-corrected chi connectivity index (χ3v) is 6.46. The average Bonchev–Trinajstić information content (AvgIpc) is 3.13. The highest BCUT2D eigenvalue weighted by Crippen LogP contribution is 2.33. The molecule has 36 heavy (non-hydrogen) atoms. The highest BCUT2D eigenvalue weighted by atomic mass is 35.5. The first kappa shape index (κ1) is 25.6. The fourth-order valence-corrected chi connectivity index (χ4v) is 4.50. The van der Waals surface area contributed by atoms with Crippen LogP contribution in [0.1, 0.15) is 11.3 Å². The molecule has 1 aliphatic heterocycles. The highest BCUT2D eigenvalue weighted by molar-refractivity contribution is 8.15. The zero-order valence-electron chi connectivity index (χ0n) is 18.1. The summed E-state index contributed by atoms with van der Waals surface area (Å²) < 4.78 is 67.8. The number of thioether (sulfide) groups is 1. The molecule has 188 valence electrons. The predicted molar refractivity (Wildman–Crippen MR) is 124 cm³/mol. The second-order valence-corrected chi connectivity index (χ2v) is 8.94. The minimum atomic E-state index is -4.98. The van der Waals surface area contributed by atoms with Gasteiger partial charge >= 0.3 is 11.9 Å². The zero-order chi connectivity index (χ0) is 26.4. The lowest BCUT2D eigenvalue weighted by molar-refractivity contribution is -0.144. The Morgan fingerprint density at radius 3 is 2.36 bits per heavy atom. The molecule has 2 aromatic carbocycles. The molecule has 4 rings (SSSR count). The molecule has 2 heterocycles. The minimum Gasteiger partial charge on any atom is -0.292 e. The summed E-state index contributed by atoms with van der Waals surface area (Å²) in [6.07, 6.45) is -4.98. The van der Waals surface area contributed by atoms with Crippen molar-refractivity contribution in [3.63, 3.8) is 0 Å². The summed E-state index contributed by atoms with van der Waals surface area (Å²) >= 11 is 7.15. The molecule has 0 bridgehead atoms. The van der Waals surface area contributed by atoms with Crippen molar-refractivity contribution in [1.29, 1.82) is 0 Å². The molecule has 3 aromatic rings. The number of benzene rings is 2. The summed E-state index contributed by atoms with van der Waals surface area (Å²) in [7, 11) is 0.796. The van der Waals surface area contributed by atoms with E-state index in [1.54, 1.807) is 0 Å². The fourth-order valence-electron chi connectivity index (χ4n) is 3.42. The van der Waals surface area contributed by atoms with Gasteiger partial charge in [-0.1, -0.05) is 35.5 Å². The van der Waals surface area contributed by atoms with Gasteiger partial charge in [0.1, 0.15) is 17.3 Å². The van der Waals surface area contributed by atoms with Crippen molar-refractivity contribution in [1.82, 2.24) is 14.0 Å². The van der Waals surface area contributed by atoms with Crippen LogP contribution < -0.4 is 11.2 Å². The molecule has 0 radical (unpaired) electrons. The molecule has 1 aromatic heterocycles. The standard InChI is InChI=1S/C22H14ClF5N4O3S/c1-30-17(22(26,27)28)8-18(33)32(21(30)35)16-7-15(13(23)6-14(16)25)29-20-31(19(34)10-36-20)9-11-2-4-12(24)5-3-11/h2-8H,9-10H2,1H3/b29-20-. The number of aromatic nitrogens is 2. The summed E-state index contributed by atoms with van der Waals surface area (Å²) in [4.78, 5) is 42.9. The first-order valence-electron chi connectivity index (χ1n) is 10.0. The molecule has 0 atom stereocenters. The van der Waals surface area contributed by atoms with Crippen LogP contribution >= 0.6 is 23.4 Å². The normalized spacial score (nSPS) is 15.2. The number of amides is 1. The Labute approximate surface area is 208 Å². The predicted octanol–water partition coefficient (Wildman–Crippen LogP) is 4.25. The quantitative estimate of drug-likeness (QED) is 0.460. The lowest BCUT2D eigenvalue weighted by Gasteiger charge is -2.17. The van der Waals surface area contributed by atoms with E-state index in [0.29, 0.717) is 5.56 Å². The molecule has 0 unspecified atom stereocenters. The summed E-state index contributed by atoms with van der Waals surface area (Å²) in [5.74, 6) is -1.88. The number of alkyl halides is 3. The fraction of sp³-hybridized carbons (Fsp3) is 0.182. The van der Waals surface area contributed by atoms with Gasteiger partial charge in [0.25, 0.3) is 5.56 Å². The van der Waals surface area contributed by atoms with Gasteiger partial charge < -0.3 is 0 Å². The monoisotopic (exact) mass is 544 g/mol. The molecule has 1 saturated heterocycles. The second kappa shape index (κ2) is 9.54. The lowest BCUT2D eigenvalue weighted by Crippen LogP contribution is -2.41. The molecule has 0 aliphatic carbocycles. The van der Waals surface area contributed by atoms with Gasteiger partial charge in [0.15, 0.2) is 5.17 Å². The van der Waals surface area contributed by atoms with E-state index in [9.17, 15) is 36.3 Å². The van der Waals surface area contributed by atoms with Gasteiger partial charge in [-0.25, -0.2) is 23.1 Å². The minimum absolute atomic E-state index is 0.0323. The maximum atomic E-state index is 14.8. The third kappa shape index (κ3) is 4.93. The number of rotatable bonds is 4. The molecule has 14 heteroatoms. The number of aliphatic imine (C=N–C) groups is 1. The van der Waals surface area contributed by atoms with E-state index in [2.05, 4.69) is 4.99 Å². The van der Waals surface area contributed by atoms with E-state index in [4.69, 9.17) is 11.6 Å². The summed E-state index contributed by atoms with van der Waals surface area (Å²) in [5, 5.41) is -0.0707. The number of hydrogen-bond donors (Lipinski definition) is 0. The number of nitrogens with zero attached hydrogens (tertiary/aromatic N) is 4. The van der Waals surface area contributed by atoms with E-state index in [1.165, 1.54) is 29.2 Å². The third-order valence-electron chi connectivity index (χ3n) is 5.19. The van der Waals surface area contributed by atoms with E-state index in [-0.39, 0.29) is 49.3 Å². The summed E-state index contributed by atoms with van der Waals surface area (Å²) in [5.41, 5.74) is -4.54. The van der Waals surface area contributed by atoms with Gasteiger partial charge in [-0.3, -0.25) is 19.1 Å². The molecular weight excluding hydrogens is 531 g/mol. The maximum absolute atomic E-state index is 14.8. The number of carbonyl (C=O) groups is 1. The average molecular weight is 545 g/mol. The molecule has 0 N–H and O–H groups in total. The van der Waals surface area contributed by atoms with Crippen LogP contribution in [0.5, 0.6) is 0 Å². The maximum Gasteiger partial charge on any atom is 0.431 e. The van der Waals surface area contributed by atoms with Crippen LogP contribution in [0.25, 0.3) is 5.69 Å². The van der Waals surface area contributed by atoms with Crippen LogP contribution in [0, 0.1) is 11.6 Å². The number of hydrogen-bond acceptors (Lipinski definition) is 5. The van der Waals surface area contributed by atoms with E-state index >= 15 is 0 Å². The van der Waals surface area contributed by atoms with Gasteiger partial charge in [0, 0.05) is 13.1 Å². The Hall–Kier alpha value is -3.45. The smallest absolute Gasteiger partial charge is 0.292 e. The van der Waals surface area contributed by atoms with E-state index in [0.717, 1.165) is 30.9 Å². The Morgan fingerprint density at radius 1 is 1.06 bits per heavy atom. The number of amidine groups is 1. The lowest BCUT2D eigenvalue weighted by atomic mass is 10.2. The van der Waals surface area contributed by atoms with Gasteiger partial charge in [-0.2, -0.15) is 13.2 Å². The Kier molecular flexibility index (Phi) is 6.80. The second-order valence-electron chi connectivity index (χ2n) is 7.59. The zero-order valence-corrected chi connectivity index (χ0v) is 19.7. The van der Waals surface area contributed by atoms with Crippen LogP contribution in [-0.4, -0.2) is 30.9 Å². The van der Waals surface area contributed by atoms with Gasteiger partial charge in [0.05, 0.1) is 28.7 Å². The van der Waals surface area contributed by atoms with Crippen molar-refractivity contribution in [3.05, 3.63) is 91.2 Å². The molecule has 1 fully saturated rings. The van der Waals surface area contributed by atoms with Crippen molar-refractivity contribution in [2.45, 2.75) is 12.7 Å². The molecule has 0 saturated carbocycles. The molecule has 7 nitrogen and oxygen atoms in total. The first-order chi connectivity index (χ1) is 16.9. The molecule has 1 aliphatic rings. The van der Waals surface area contributed by atoms with Crippen molar-refractivity contribution < 1.29 is 26.7 Å². The first-order valence-corrected chi connectivity index (χ1v) is 11.4. The number of halogens is 6. The van der Waals surface area contributed by atoms with Crippen molar-refractivity contribution in [3.8, 4) is 5.69 Å². The number of carbonyl (C=O) groups excluding carboxylic acids is 1. The van der Waals surface area contributed by atoms with Crippen LogP contribution in [0.3, 0.4) is 0 Å². The molecule has 1 amide bonds. The van der Waals surface area contributed by atoms with Gasteiger partial charge in [-0.05, 0) is 29.8 Å². The van der Waals surface area contributed by atoms with Crippen LogP contribution in [0.4, 0.5) is 27.6 Å². The Balaban J connectivity index is 1.79. The van der Waals surface area contributed by atoms with Crippen LogP contribution in [0.15, 0.2) is 57.0 Å². The van der Waals surface area contributed by atoms with E-state index in [1.807, 2.05) is 0 Å². The van der Waals surface area contributed by atoms with E-state index < -0.39 is 40.4 Å². The summed E-state index contributed by atoms with van der Waals surface area (Å²) in [6.45, 7) is 0.0511. The Bertz CT molecular complexity index is 1520. The van der Waals surface area contributed by atoms with Gasteiger partial charge in [0.2, 0.25) is 5.91 Å². The summed E-state index contributed by atoms with van der Waals surface area (Å²) in [6, 6.07) is 7.29. The SMILES string of the molecule is Cn1c(C(F)(F)F)cc(=O)n(-c2cc(/N=C3\SCC(=O)N3Cc3ccc(F)cc3)c(Cl)cc2F)c1=O. The van der Waals surface area contributed by atoms with Gasteiger partial charge in [-0.15, -0.1) is 0 Å².